The van der Waals surface area contributed by atoms with Crippen molar-refractivity contribution in [3.63, 3.8) is 0 Å². The molecule has 0 aliphatic heterocycles. The number of anilines is 3. The van der Waals surface area contributed by atoms with Gasteiger partial charge in [0.05, 0.1) is 18.3 Å². The maximum atomic E-state index is 12.2. The summed E-state index contributed by atoms with van der Waals surface area (Å²) >= 11 is 5.86. The van der Waals surface area contributed by atoms with Gasteiger partial charge in [-0.05, 0) is 48.9 Å². The molecule has 5 heteroatoms. The molecule has 0 atom stereocenters. The fourth-order valence-corrected chi connectivity index (χ4v) is 2.84. The van der Waals surface area contributed by atoms with Gasteiger partial charge in [0.25, 0.3) is 0 Å². The van der Waals surface area contributed by atoms with E-state index in [9.17, 15) is 4.79 Å². The zero-order valence-electron chi connectivity index (χ0n) is 14.5. The summed E-state index contributed by atoms with van der Waals surface area (Å²) in [4.78, 5) is 18.7. The largest absolute Gasteiger partial charge is 0.341 e. The highest BCUT2D eigenvalue weighted by Gasteiger charge is 2.09. The Kier molecular flexibility index (Phi) is 5.87. The number of para-hydroxylation sites is 1. The van der Waals surface area contributed by atoms with Gasteiger partial charge in [-0.1, -0.05) is 41.9 Å². The van der Waals surface area contributed by atoms with Crippen LogP contribution in [0.3, 0.4) is 0 Å². The third kappa shape index (κ3) is 4.61. The highest BCUT2D eigenvalue weighted by molar-refractivity contribution is 6.30. The minimum absolute atomic E-state index is 0.108. The van der Waals surface area contributed by atoms with Gasteiger partial charge in [-0.15, -0.1) is 0 Å². The van der Waals surface area contributed by atoms with Crippen molar-refractivity contribution in [1.82, 2.24) is 4.98 Å². The van der Waals surface area contributed by atoms with Crippen molar-refractivity contribution in [2.45, 2.75) is 13.3 Å². The third-order valence-electron chi connectivity index (χ3n) is 3.99. The number of nitrogens with zero attached hydrogens (tertiary/aromatic N) is 2. The van der Waals surface area contributed by atoms with Crippen molar-refractivity contribution in [3.8, 4) is 0 Å². The van der Waals surface area contributed by atoms with Crippen LogP contribution in [0, 0.1) is 0 Å². The second-order valence-electron chi connectivity index (χ2n) is 5.83. The molecule has 0 aliphatic rings. The summed E-state index contributed by atoms with van der Waals surface area (Å²) in [6.45, 7) is 2.92. The van der Waals surface area contributed by atoms with E-state index in [1.54, 1.807) is 18.3 Å². The Bertz CT molecular complexity index is 849. The summed E-state index contributed by atoms with van der Waals surface area (Å²) in [5, 5.41) is 3.49. The van der Waals surface area contributed by atoms with Crippen LogP contribution in [0.5, 0.6) is 0 Å². The fraction of sp³-hybridized carbons (Fsp3) is 0.143. The van der Waals surface area contributed by atoms with E-state index in [1.165, 1.54) is 0 Å². The number of benzene rings is 2. The maximum Gasteiger partial charge on any atom is 0.229 e. The highest BCUT2D eigenvalue weighted by atomic mass is 35.5. The van der Waals surface area contributed by atoms with Crippen molar-refractivity contribution in [2.24, 2.45) is 0 Å². The molecule has 132 valence electrons. The lowest BCUT2D eigenvalue weighted by Gasteiger charge is -2.23. The molecule has 0 spiro atoms. The highest BCUT2D eigenvalue weighted by Crippen LogP contribution is 2.24. The summed E-state index contributed by atoms with van der Waals surface area (Å²) in [6.07, 6.45) is 2.06. The lowest BCUT2D eigenvalue weighted by Crippen LogP contribution is -2.17. The molecular weight excluding hydrogens is 346 g/mol. The summed E-state index contributed by atoms with van der Waals surface area (Å²) in [5.74, 6) is 0.430. The van der Waals surface area contributed by atoms with Crippen molar-refractivity contribution >= 4 is 34.7 Å². The monoisotopic (exact) mass is 365 g/mol. The standard InChI is InChI=1S/C21H20ClN3O/c1-2-25(18-6-4-3-5-7-18)19-12-13-20(23-15-19)24-21(26)14-16-8-10-17(22)11-9-16/h3-13,15H,2,14H2,1H3,(H,23,24,26). The van der Waals surface area contributed by atoms with Gasteiger partial charge >= 0.3 is 0 Å². The zero-order chi connectivity index (χ0) is 18.4. The summed E-state index contributed by atoms with van der Waals surface area (Å²) < 4.78 is 0. The molecular formula is C21H20ClN3O. The number of aromatic nitrogens is 1. The maximum absolute atomic E-state index is 12.2. The van der Waals surface area contributed by atoms with Crippen LogP contribution >= 0.6 is 11.6 Å². The molecule has 26 heavy (non-hydrogen) atoms. The number of pyridine rings is 1. The molecule has 0 radical (unpaired) electrons. The fourth-order valence-electron chi connectivity index (χ4n) is 2.72. The number of amides is 1. The summed E-state index contributed by atoms with van der Waals surface area (Å²) in [7, 11) is 0. The molecule has 1 heterocycles. The molecule has 3 aromatic rings. The van der Waals surface area contributed by atoms with Gasteiger partial charge in [0.2, 0.25) is 5.91 Å². The van der Waals surface area contributed by atoms with Gasteiger partial charge in [-0.25, -0.2) is 4.98 Å². The molecule has 1 N–H and O–H groups in total. The molecule has 0 aliphatic carbocycles. The van der Waals surface area contributed by atoms with E-state index in [0.29, 0.717) is 10.8 Å². The van der Waals surface area contributed by atoms with E-state index >= 15 is 0 Å². The first-order chi connectivity index (χ1) is 12.7. The van der Waals surface area contributed by atoms with Crippen LogP contribution in [0.25, 0.3) is 0 Å². The molecule has 2 aromatic carbocycles. The SMILES string of the molecule is CCN(c1ccccc1)c1ccc(NC(=O)Cc2ccc(Cl)cc2)nc1. The molecule has 1 amide bonds. The Hall–Kier alpha value is -2.85. The zero-order valence-corrected chi connectivity index (χ0v) is 15.3. The van der Waals surface area contributed by atoms with Gasteiger partial charge in [0.15, 0.2) is 0 Å². The van der Waals surface area contributed by atoms with Crippen LogP contribution in [0.4, 0.5) is 17.2 Å². The normalized spacial score (nSPS) is 10.4. The van der Waals surface area contributed by atoms with E-state index in [1.807, 2.05) is 42.5 Å². The van der Waals surface area contributed by atoms with E-state index in [-0.39, 0.29) is 12.3 Å². The third-order valence-corrected chi connectivity index (χ3v) is 4.24. The predicted octanol–water partition coefficient (Wildman–Crippen LogP) is 5.07. The smallest absolute Gasteiger partial charge is 0.229 e. The van der Waals surface area contributed by atoms with Gasteiger partial charge < -0.3 is 10.2 Å². The Morgan fingerprint density at radius 2 is 1.73 bits per heavy atom. The summed E-state index contributed by atoms with van der Waals surface area (Å²) in [6, 6.07) is 21.2. The quantitative estimate of drug-likeness (QED) is 0.663. The Morgan fingerprint density at radius 1 is 1.00 bits per heavy atom. The first kappa shape index (κ1) is 18.0. The van der Waals surface area contributed by atoms with Crippen molar-refractivity contribution in [3.05, 3.63) is 83.5 Å². The molecule has 0 fully saturated rings. The average molecular weight is 366 g/mol. The van der Waals surface area contributed by atoms with Crippen LogP contribution in [-0.4, -0.2) is 17.4 Å². The molecule has 0 saturated carbocycles. The second-order valence-corrected chi connectivity index (χ2v) is 6.27. The van der Waals surface area contributed by atoms with Crippen LogP contribution < -0.4 is 10.2 Å². The molecule has 1 aromatic heterocycles. The lowest BCUT2D eigenvalue weighted by molar-refractivity contribution is -0.115. The van der Waals surface area contributed by atoms with Crippen molar-refractivity contribution in [2.75, 3.05) is 16.8 Å². The molecule has 4 nitrogen and oxygen atoms in total. The van der Waals surface area contributed by atoms with E-state index in [4.69, 9.17) is 11.6 Å². The number of carbonyl (C=O) groups excluding carboxylic acids is 1. The van der Waals surface area contributed by atoms with Gasteiger partial charge in [0, 0.05) is 17.3 Å². The van der Waals surface area contributed by atoms with Crippen LogP contribution in [0.1, 0.15) is 12.5 Å². The number of halogens is 1. The van der Waals surface area contributed by atoms with Crippen LogP contribution in [0.2, 0.25) is 5.02 Å². The number of rotatable bonds is 6. The van der Waals surface area contributed by atoms with Crippen molar-refractivity contribution < 1.29 is 4.79 Å². The average Bonchev–Trinajstić information content (AvgIpc) is 2.66. The van der Waals surface area contributed by atoms with Gasteiger partial charge in [-0.3, -0.25) is 4.79 Å². The lowest BCUT2D eigenvalue weighted by atomic mass is 10.1. The van der Waals surface area contributed by atoms with Crippen LogP contribution in [0.15, 0.2) is 72.9 Å². The Balaban J connectivity index is 1.65. The van der Waals surface area contributed by atoms with Crippen molar-refractivity contribution in [1.29, 1.82) is 0 Å². The minimum atomic E-state index is -0.108. The van der Waals surface area contributed by atoms with E-state index in [2.05, 4.69) is 34.3 Å². The first-order valence-electron chi connectivity index (χ1n) is 8.48. The number of carbonyl (C=O) groups is 1. The first-order valence-corrected chi connectivity index (χ1v) is 8.86. The number of hydrogen-bond acceptors (Lipinski definition) is 3. The molecule has 0 saturated heterocycles. The Morgan fingerprint density at radius 3 is 2.35 bits per heavy atom. The number of nitrogens with one attached hydrogen (secondary N) is 1. The topological polar surface area (TPSA) is 45.2 Å². The summed E-state index contributed by atoms with van der Waals surface area (Å²) in [5.41, 5.74) is 3.00. The molecule has 0 unspecified atom stereocenters. The van der Waals surface area contributed by atoms with E-state index < -0.39 is 0 Å². The van der Waals surface area contributed by atoms with Crippen LogP contribution in [-0.2, 0) is 11.2 Å². The van der Waals surface area contributed by atoms with E-state index in [0.717, 1.165) is 23.5 Å². The van der Waals surface area contributed by atoms with Gasteiger partial charge in [0.1, 0.15) is 5.82 Å². The molecule has 0 bridgehead atoms. The minimum Gasteiger partial charge on any atom is -0.341 e. The Labute approximate surface area is 158 Å². The molecule has 3 rings (SSSR count). The number of hydrogen-bond donors (Lipinski definition) is 1. The predicted molar refractivity (Wildman–Crippen MR) is 107 cm³/mol. The second kappa shape index (κ2) is 8.50. The van der Waals surface area contributed by atoms with Gasteiger partial charge in [-0.2, -0.15) is 0 Å².